The summed E-state index contributed by atoms with van der Waals surface area (Å²) in [5.74, 6) is 1.85. The number of thiophene rings is 1. The van der Waals surface area contributed by atoms with Crippen molar-refractivity contribution in [3.8, 4) is 11.5 Å². The smallest absolute Gasteiger partial charge is 0.206 e. The molecule has 1 fully saturated rings. The normalized spacial score (nSPS) is 17.6. The van der Waals surface area contributed by atoms with Crippen LogP contribution in [0.1, 0.15) is 35.5 Å². The van der Waals surface area contributed by atoms with E-state index in [0.717, 1.165) is 35.5 Å². The molecule has 0 unspecified atom stereocenters. The average molecular weight is 520 g/mol. The molecule has 1 aromatic heterocycles. The number of benzene rings is 2. The number of rotatable bonds is 9. The van der Waals surface area contributed by atoms with Crippen LogP contribution in [0.3, 0.4) is 0 Å². The fourth-order valence-electron chi connectivity index (χ4n) is 4.58. The molecule has 5 nitrogen and oxygen atoms in total. The Morgan fingerprint density at radius 2 is 1.84 bits per heavy atom. The van der Waals surface area contributed by atoms with Crippen LogP contribution in [0.15, 0.2) is 84.4 Å². The van der Waals surface area contributed by atoms with Crippen molar-refractivity contribution in [3.05, 3.63) is 94.8 Å². The molecule has 7 heteroatoms. The van der Waals surface area contributed by atoms with Crippen molar-refractivity contribution in [3.63, 3.8) is 0 Å². The molecule has 2 aliphatic rings. The SMILES string of the molecule is CC1(C)C=C(Oc2c(C(=O)c3ccccc3)sc3cc(O)ccc23)C=CC(OC2CN(CCCF)C2)=C1. The Bertz CT molecular complexity index is 1380. The highest BCUT2D eigenvalue weighted by Crippen LogP contribution is 2.42. The topological polar surface area (TPSA) is 59.0 Å². The number of nitrogens with zero attached hydrogens (tertiary/aromatic N) is 1. The Morgan fingerprint density at radius 1 is 1.11 bits per heavy atom. The molecule has 0 radical (unpaired) electrons. The number of phenolic OH excluding ortho intramolecular Hbond substituents is 1. The zero-order valence-corrected chi connectivity index (χ0v) is 21.8. The van der Waals surface area contributed by atoms with Gasteiger partial charge in [0.15, 0.2) is 5.75 Å². The van der Waals surface area contributed by atoms with E-state index in [9.17, 15) is 14.3 Å². The van der Waals surface area contributed by atoms with Crippen molar-refractivity contribution >= 4 is 27.2 Å². The molecule has 192 valence electrons. The number of ether oxygens (including phenoxy) is 2. The lowest BCUT2D eigenvalue weighted by Crippen LogP contribution is -2.52. The number of carbonyl (C=O) groups is 1. The second-order valence-corrected chi connectivity index (χ2v) is 11.1. The molecule has 0 saturated carbocycles. The van der Waals surface area contributed by atoms with E-state index < -0.39 is 0 Å². The molecule has 1 aliphatic carbocycles. The lowest BCUT2D eigenvalue weighted by atomic mass is 9.92. The molecule has 0 atom stereocenters. The van der Waals surface area contributed by atoms with Crippen LogP contribution in [0.2, 0.25) is 0 Å². The van der Waals surface area contributed by atoms with Crippen molar-refractivity contribution in [2.24, 2.45) is 5.41 Å². The number of phenols is 1. The number of likely N-dealkylation sites (tertiary alicyclic amines) is 1. The predicted octanol–water partition coefficient (Wildman–Crippen LogP) is 6.64. The Hall–Kier alpha value is -3.42. The van der Waals surface area contributed by atoms with Crippen LogP contribution in [-0.2, 0) is 4.74 Å². The molecule has 2 aromatic carbocycles. The number of alkyl halides is 1. The van der Waals surface area contributed by atoms with E-state index in [2.05, 4.69) is 24.8 Å². The number of hydrogen-bond acceptors (Lipinski definition) is 6. The maximum atomic E-state index is 13.4. The van der Waals surface area contributed by atoms with E-state index in [-0.39, 0.29) is 29.7 Å². The molecular formula is C30H30FNO4S. The maximum Gasteiger partial charge on any atom is 0.206 e. The third-order valence-electron chi connectivity index (χ3n) is 6.36. The second kappa shape index (κ2) is 10.5. The first-order chi connectivity index (χ1) is 17.8. The molecule has 1 saturated heterocycles. The summed E-state index contributed by atoms with van der Waals surface area (Å²) in [5, 5.41) is 10.8. The minimum atomic E-state index is -0.362. The van der Waals surface area contributed by atoms with Gasteiger partial charge in [-0.1, -0.05) is 44.2 Å². The molecule has 1 aliphatic heterocycles. The molecule has 2 heterocycles. The summed E-state index contributed by atoms with van der Waals surface area (Å²) in [6, 6.07) is 14.1. The molecule has 0 spiro atoms. The van der Waals surface area contributed by atoms with E-state index in [0.29, 0.717) is 28.4 Å². The number of allylic oxidation sites excluding steroid dienone is 4. The van der Waals surface area contributed by atoms with Crippen LogP contribution in [0.4, 0.5) is 4.39 Å². The number of carbonyl (C=O) groups excluding carboxylic acids is 1. The van der Waals surface area contributed by atoms with Gasteiger partial charge in [0.1, 0.15) is 28.2 Å². The van der Waals surface area contributed by atoms with Gasteiger partial charge in [-0.2, -0.15) is 0 Å². The molecule has 0 bridgehead atoms. The van der Waals surface area contributed by atoms with Crippen LogP contribution in [0.25, 0.3) is 10.1 Å². The quantitative estimate of drug-likeness (QED) is 0.321. The van der Waals surface area contributed by atoms with Crippen molar-refractivity contribution in [1.82, 2.24) is 4.90 Å². The Balaban J connectivity index is 1.39. The molecule has 5 rings (SSSR count). The van der Waals surface area contributed by atoms with E-state index in [1.165, 1.54) is 11.3 Å². The Kier molecular flexibility index (Phi) is 7.17. The summed E-state index contributed by atoms with van der Waals surface area (Å²) in [6.45, 7) is 6.19. The fourth-order valence-corrected chi connectivity index (χ4v) is 5.70. The van der Waals surface area contributed by atoms with Gasteiger partial charge in [0.2, 0.25) is 5.78 Å². The number of hydrogen-bond donors (Lipinski definition) is 1. The van der Waals surface area contributed by atoms with Crippen molar-refractivity contribution in [2.75, 3.05) is 26.3 Å². The molecule has 0 amide bonds. The number of fused-ring (bicyclic) bond motifs is 1. The van der Waals surface area contributed by atoms with E-state index in [1.807, 2.05) is 36.4 Å². The number of ketones is 1. The lowest BCUT2D eigenvalue weighted by molar-refractivity contribution is -0.0190. The lowest BCUT2D eigenvalue weighted by Gasteiger charge is -2.39. The first kappa shape index (κ1) is 25.2. The first-order valence-electron chi connectivity index (χ1n) is 12.4. The van der Waals surface area contributed by atoms with Gasteiger partial charge in [-0.25, -0.2) is 0 Å². The summed E-state index contributed by atoms with van der Waals surface area (Å²) in [5.41, 5.74) is 0.215. The van der Waals surface area contributed by atoms with E-state index in [4.69, 9.17) is 9.47 Å². The highest BCUT2D eigenvalue weighted by Gasteiger charge is 2.29. The van der Waals surface area contributed by atoms with Crippen LogP contribution >= 0.6 is 11.3 Å². The zero-order chi connectivity index (χ0) is 26.0. The second-order valence-electron chi connectivity index (χ2n) is 10.0. The fraction of sp³-hybridized carbons (Fsp3) is 0.300. The van der Waals surface area contributed by atoms with Gasteiger partial charge in [-0.15, -0.1) is 11.3 Å². The number of aromatic hydroxyl groups is 1. The van der Waals surface area contributed by atoms with E-state index in [1.54, 1.807) is 30.3 Å². The highest BCUT2D eigenvalue weighted by atomic mass is 32.1. The van der Waals surface area contributed by atoms with Crippen LogP contribution in [0.5, 0.6) is 11.5 Å². The van der Waals surface area contributed by atoms with Crippen molar-refractivity contribution < 1.29 is 23.8 Å². The van der Waals surface area contributed by atoms with Gasteiger partial charge in [0, 0.05) is 40.7 Å². The van der Waals surface area contributed by atoms with Gasteiger partial charge >= 0.3 is 0 Å². The Labute approximate surface area is 220 Å². The van der Waals surface area contributed by atoms with Crippen molar-refractivity contribution in [1.29, 1.82) is 0 Å². The van der Waals surface area contributed by atoms with Gasteiger partial charge < -0.3 is 14.6 Å². The van der Waals surface area contributed by atoms with Gasteiger partial charge in [0.25, 0.3) is 0 Å². The largest absolute Gasteiger partial charge is 0.508 e. The van der Waals surface area contributed by atoms with Crippen LogP contribution < -0.4 is 4.74 Å². The minimum absolute atomic E-state index is 0.0809. The molecule has 1 N–H and O–H groups in total. The van der Waals surface area contributed by atoms with Crippen LogP contribution in [-0.4, -0.2) is 48.2 Å². The third kappa shape index (κ3) is 5.78. The maximum absolute atomic E-state index is 13.4. The minimum Gasteiger partial charge on any atom is -0.508 e. The summed E-state index contributed by atoms with van der Waals surface area (Å²) < 4.78 is 25.8. The first-order valence-corrected chi connectivity index (χ1v) is 13.2. The predicted molar refractivity (Wildman–Crippen MR) is 145 cm³/mol. The molecule has 37 heavy (non-hydrogen) atoms. The van der Waals surface area contributed by atoms with Gasteiger partial charge in [-0.05, 0) is 48.9 Å². The van der Waals surface area contributed by atoms with Gasteiger partial charge in [-0.3, -0.25) is 14.1 Å². The summed E-state index contributed by atoms with van der Waals surface area (Å²) >= 11 is 1.31. The average Bonchev–Trinajstić information content (AvgIpc) is 3.12. The van der Waals surface area contributed by atoms with Crippen molar-refractivity contribution in [2.45, 2.75) is 26.4 Å². The standard InChI is InChI=1S/C30H30FNO4S/c1-30(2)16-22(35-24-18-32(19-24)14-6-13-31)10-11-23(17-30)36-28-25-12-9-21(33)15-26(25)37-29(28)27(34)20-7-4-3-5-8-20/h3-5,7-12,15-17,24,33H,6,13-14,18-19H2,1-2H3. The van der Waals surface area contributed by atoms with Crippen LogP contribution in [0, 0.1) is 5.41 Å². The van der Waals surface area contributed by atoms with E-state index >= 15 is 0 Å². The monoisotopic (exact) mass is 519 g/mol. The molecular weight excluding hydrogens is 489 g/mol. The summed E-state index contributed by atoms with van der Waals surface area (Å²) in [4.78, 5) is 16.1. The molecule has 3 aromatic rings. The highest BCUT2D eigenvalue weighted by molar-refractivity contribution is 7.21. The summed E-state index contributed by atoms with van der Waals surface area (Å²) in [6.07, 6.45) is 8.46. The summed E-state index contributed by atoms with van der Waals surface area (Å²) in [7, 11) is 0. The number of halogens is 1. The Morgan fingerprint density at radius 3 is 2.59 bits per heavy atom. The van der Waals surface area contributed by atoms with Gasteiger partial charge in [0.05, 0.1) is 6.67 Å². The zero-order valence-electron chi connectivity index (χ0n) is 20.9. The third-order valence-corrected chi connectivity index (χ3v) is 7.50.